The molecule has 0 heterocycles. The topological polar surface area (TPSA) is 75.3 Å². The Balaban J connectivity index is 2.20. The molecular weight excluding hydrogens is 392 g/mol. The number of hydrogen-bond acceptors (Lipinski definition) is 3. The van der Waals surface area contributed by atoms with Crippen LogP contribution in [0, 0.1) is 0 Å². The summed E-state index contributed by atoms with van der Waals surface area (Å²) >= 11 is 3.46. The van der Waals surface area contributed by atoms with Crippen molar-refractivity contribution in [2.24, 2.45) is 0 Å². The Morgan fingerprint density at radius 1 is 1.17 bits per heavy atom. The lowest BCUT2D eigenvalue weighted by Gasteiger charge is -2.16. The third-order valence-electron chi connectivity index (χ3n) is 3.46. The van der Waals surface area contributed by atoms with E-state index < -0.39 is 10.0 Å². The third kappa shape index (κ3) is 4.43. The van der Waals surface area contributed by atoms with Crippen molar-refractivity contribution in [2.75, 3.05) is 6.54 Å². The average molecular weight is 411 g/mol. The second-order valence-electron chi connectivity index (χ2n) is 5.25. The molecule has 1 amide bonds. The maximum atomic E-state index is 12.4. The number of amides is 1. The second-order valence-corrected chi connectivity index (χ2v) is 7.87. The van der Waals surface area contributed by atoms with Crippen LogP contribution in [-0.2, 0) is 10.0 Å². The first kappa shape index (κ1) is 18.6. The smallest absolute Gasteiger partial charge is 0.251 e. The van der Waals surface area contributed by atoms with Crippen LogP contribution in [0.15, 0.2) is 57.9 Å². The van der Waals surface area contributed by atoms with Gasteiger partial charge in [-0.05, 0) is 36.8 Å². The van der Waals surface area contributed by atoms with E-state index in [9.17, 15) is 13.2 Å². The van der Waals surface area contributed by atoms with Gasteiger partial charge in [0.1, 0.15) is 0 Å². The predicted molar refractivity (Wildman–Crippen MR) is 97.3 cm³/mol. The minimum absolute atomic E-state index is 0.0746. The van der Waals surface area contributed by atoms with Crippen LogP contribution in [0.3, 0.4) is 0 Å². The summed E-state index contributed by atoms with van der Waals surface area (Å²) in [4.78, 5) is 12.5. The van der Waals surface area contributed by atoms with Gasteiger partial charge in [-0.1, -0.05) is 47.1 Å². The Hall–Kier alpha value is -1.70. The van der Waals surface area contributed by atoms with Gasteiger partial charge in [0.25, 0.3) is 5.91 Å². The van der Waals surface area contributed by atoms with E-state index in [0.717, 1.165) is 10.0 Å². The van der Waals surface area contributed by atoms with Crippen molar-refractivity contribution in [2.45, 2.75) is 24.8 Å². The number of halogens is 1. The van der Waals surface area contributed by atoms with Gasteiger partial charge >= 0.3 is 0 Å². The zero-order chi connectivity index (χ0) is 17.7. The summed E-state index contributed by atoms with van der Waals surface area (Å²) in [5.41, 5.74) is 1.25. The van der Waals surface area contributed by atoms with Gasteiger partial charge in [0, 0.05) is 16.6 Å². The van der Waals surface area contributed by atoms with Crippen molar-refractivity contribution in [3.8, 4) is 0 Å². The Kier molecular flexibility index (Phi) is 6.15. The number of hydrogen-bond donors (Lipinski definition) is 2. The first-order chi connectivity index (χ1) is 11.3. The molecule has 24 heavy (non-hydrogen) atoms. The molecule has 0 bridgehead atoms. The molecule has 128 valence electrons. The van der Waals surface area contributed by atoms with E-state index in [1.807, 2.05) is 31.2 Å². The van der Waals surface area contributed by atoms with Crippen molar-refractivity contribution in [3.05, 3.63) is 64.1 Å². The fourth-order valence-electron chi connectivity index (χ4n) is 2.26. The molecule has 2 aromatic carbocycles. The normalized spacial score (nSPS) is 12.6. The number of carbonyl (C=O) groups is 1. The molecule has 0 spiro atoms. The van der Waals surface area contributed by atoms with Crippen LogP contribution in [0.2, 0.25) is 0 Å². The van der Waals surface area contributed by atoms with Crippen molar-refractivity contribution in [1.82, 2.24) is 10.0 Å². The summed E-state index contributed by atoms with van der Waals surface area (Å²) in [6.07, 6.45) is 0. The highest BCUT2D eigenvalue weighted by Crippen LogP contribution is 2.23. The van der Waals surface area contributed by atoms with Gasteiger partial charge in [-0.2, -0.15) is 0 Å². The lowest BCUT2D eigenvalue weighted by atomic mass is 10.1. The standard InChI is InChI=1S/C17H19BrN2O3S/c1-3-19-24(22,23)14-8-6-7-13(11-14)17(21)20-12(2)15-9-4-5-10-16(15)18/h4-12,19H,3H2,1-2H3,(H,20,21). The Bertz CT molecular complexity index is 837. The molecule has 1 atom stereocenters. The highest BCUT2D eigenvalue weighted by atomic mass is 79.9. The fraction of sp³-hybridized carbons (Fsp3) is 0.235. The molecular formula is C17H19BrN2O3S. The molecule has 0 aliphatic heterocycles. The molecule has 5 nitrogen and oxygen atoms in total. The lowest BCUT2D eigenvalue weighted by Crippen LogP contribution is -2.27. The maximum Gasteiger partial charge on any atom is 0.251 e. The molecule has 2 rings (SSSR count). The third-order valence-corrected chi connectivity index (χ3v) is 5.73. The van der Waals surface area contributed by atoms with Crippen LogP contribution < -0.4 is 10.0 Å². The summed E-state index contributed by atoms with van der Waals surface area (Å²) in [7, 11) is -3.59. The number of nitrogens with one attached hydrogen (secondary N) is 2. The van der Waals surface area contributed by atoms with Gasteiger partial charge in [0.2, 0.25) is 10.0 Å². The summed E-state index contributed by atoms with van der Waals surface area (Å²) in [6.45, 7) is 3.86. The van der Waals surface area contributed by atoms with Crippen LogP contribution in [0.1, 0.15) is 35.8 Å². The molecule has 1 unspecified atom stereocenters. The van der Waals surface area contributed by atoms with E-state index in [4.69, 9.17) is 0 Å². The van der Waals surface area contributed by atoms with E-state index in [1.165, 1.54) is 12.1 Å². The highest BCUT2D eigenvalue weighted by molar-refractivity contribution is 9.10. The number of benzene rings is 2. The van der Waals surface area contributed by atoms with Crippen molar-refractivity contribution < 1.29 is 13.2 Å². The van der Waals surface area contributed by atoms with Gasteiger partial charge in [-0.25, -0.2) is 13.1 Å². The van der Waals surface area contributed by atoms with Crippen LogP contribution >= 0.6 is 15.9 Å². The highest BCUT2D eigenvalue weighted by Gasteiger charge is 2.17. The molecule has 2 N–H and O–H groups in total. The van der Waals surface area contributed by atoms with Gasteiger partial charge in [0.05, 0.1) is 10.9 Å². The van der Waals surface area contributed by atoms with E-state index in [-0.39, 0.29) is 23.4 Å². The van der Waals surface area contributed by atoms with E-state index in [1.54, 1.807) is 19.1 Å². The molecule has 2 aromatic rings. The molecule has 0 aliphatic carbocycles. The van der Waals surface area contributed by atoms with Crippen molar-refractivity contribution in [3.63, 3.8) is 0 Å². The zero-order valence-electron chi connectivity index (χ0n) is 13.4. The van der Waals surface area contributed by atoms with Gasteiger partial charge in [-0.15, -0.1) is 0 Å². The largest absolute Gasteiger partial charge is 0.345 e. The molecule has 0 aliphatic rings. The second kappa shape index (κ2) is 7.92. The first-order valence-electron chi connectivity index (χ1n) is 7.50. The van der Waals surface area contributed by atoms with Crippen LogP contribution in [0.25, 0.3) is 0 Å². The van der Waals surface area contributed by atoms with Crippen molar-refractivity contribution >= 4 is 31.9 Å². The number of carbonyl (C=O) groups excluding carboxylic acids is 1. The lowest BCUT2D eigenvalue weighted by molar-refractivity contribution is 0.0939. The Morgan fingerprint density at radius 2 is 1.88 bits per heavy atom. The van der Waals surface area contributed by atoms with E-state index in [0.29, 0.717) is 5.56 Å². The summed E-state index contributed by atoms with van der Waals surface area (Å²) in [5, 5.41) is 2.88. The maximum absolute atomic E-state index is 12.4. The van der Waals surface area contributed by atoms with Gasteiger partial charge in [0.15, 0.2) is 0 Å². The minimum Gasteiger partial charge on any atom is -0.345 e. The number of rotatable bonds is 6. The quantitative estimate of drug-likeness (QED) is 0.767. The summed E-state index contributed by atoms with van der Waals surface area (Å²) < 4.78 is 27.4. The molecule has 0 fully saturated rings. The Labute approximate surface area is 150 Å². The van der Waals surface area contributed by atoms with Crippen LogP contribution in [0.5, 0.6) is 0 Å². The molecule has 7 heteroatoms. The zero-order valence-corrected chi connectivity index (χ0v) is 15.8. The van der Waals surface area contributed by atoms with Crippen molar-refractivity contribution in [1.29, 1.82) is 0 Å². The van der Waals surface area contributed by atoms with E-state index >= 15 is 0 Å². The molecule has 0 radical (unpaired) electrons. The number of sulfonamides is 1. The van der Waals surface area contributed by atoms with E-state index in [2.05, 4.69) is 26.0 Å². The molecule has 0 aromatic heterocycles. The Morgan fingerprint density at radius 3 is 2.54 bits per heavy atom. The molecule has 0 saturated carbocycles. The monoisotopic (exact) mass is 410 g/mol. The van der Waals surface area contributed by atoms with Crippen LogP contribution in [0.4, 0.5) is 0 Å². The molecule has 0 saturated heterocycles. The average Bonchev–Trinajstić information content (AvgIpc) is 2.55. The van der Waals surface area contributed by atoms with Gasteiger partial charge in [-0.3, -0.25) is 4.79 Å². The summed E-state index contributed by atoms with van der Waals surface area (Å²) in [6, 6.07) is 13.4. The SMILES string of the molecule is CCNS(=O)(=O)c1cccc(C(=O)NC(C)c2ccccc2Br)c1. The van der Waals surface area contributed by atoms with Gasteiger partial charge < -0.3 is 5.32 Å². The fourth-order valence-corrected chi connectivity index (χ4v) is 3.98. The predicted octanol–water partition coefficient (Wildman–Crippen LogP) is 3.24. The first-order valence-corrected chi connectivity index (χ1v) is 9.77. The minimum atomic E-state index is -3.59. The van der Waals surface area contributed by atoms with Crippen LogP contribution in [-0.4, -0.2) is 20.9 Å². The summed E-state index contributed by atoms with van der Waals surface area (Å²) in [5.74, 6) is -0.327.